The Morgan fingerprint density at radius 1 is 1.26 bits per heavy atom. The zero-order valence-corrected chi connectivity index (χ0v) is 13.9. The van der Waals surface area contributed by atoms with Gasteiger partial charge in [-0.1, -0.05) is 11.6 Å². The van der Waals surface area contributed by atoms with Gasteiger partial charge in [-0.25, -0.2) is 9.78 Å². The molecule has 0 fully saturated rings. The van der Waals surface area contributed by atoms with E-state index in [4.69, 9.17) is 11.6 Å². The minimum Gasteiger partial charge on any atom is -0.451 e. The lowest BCUT2D eigenvalue weighted by Crippen LogP contribution is -2.22. The number of nitrogens with one attached hydrogen (secondary N) is 1. The molecule has 1 heterocycles. The SMILES string of the molecule is O=C(COC(=O)c1cc(Cl)ccn1)Nc1ccc(C(F)(F)F)cc1[N+](=O)[O-]. The Balaban J connectivity index is 2.07. The van der Waals surface area contributed by atoms with Crippen molar-refractivity contribution in [1.29, 1.82) is 0 Å². The van der Waals surface area contributed by atoms with Crippen LogP contribution in [-0.2, 0) is 15.7 Å². The molecule has 0 radical (unpaired) electrons. The molecular weight excluding hydrogens is 395 g/mol. The van der Waals surface area contributed by atoms with Gasteiger partial charge in [-0.3, -0.25) is 14.9 Å². The molecule has 0 aliphatic carbocycles. The first-order valence-corrected chi connectivity index (χ1v) is 7.40. The smallest absolute Gasteiger partial charge is 0.416 e. The monoisotopic (exact) mass is 403 g/mol. The van der Waals surface area contributed by atoms with Crippen LogP contribution in [0.15, 0.2) is 36.5 Å². The van der Waals surface area contributed by atoms with Gasteiger partial charge in [0.25, 0.3) is 11.6 Å². The molecule has 0 saturated heterocycles. The number of aromatic nitrogens is 1. The van der Waals surface area contributed by atoms with Gasteiger partial charge in [0, 0.05) is 17.3 Å². The van der Waals surface area contributed by atoms with E-state index in [0.717, 1.165) is 6.07 Å². The van der Waals surface area contributed by atoms with E-state index in [-0.39, 0.29) is 16.8 Å². The number of carbonyl (C=O) groups excluding carboxylic acids is 2. The lowest BCUT2D eigenvalue weighted by atomic mass is 10.1. The molecule has 12 heteroatoms. The van der Waals surface area contributed by atoms with Crippen molar-refractivity contribution in [2.45, 2.75) is 6.18 Å². The van der Waals surface area contributed by atoms with Crippen LogP contribution in [-0.4, -0.2) is 28.4 Å². The highest BCUT2D eigenvalue weighted by molar-refractivity contribution is 6.30. The summed E-state index contributed by atoms with van der Waals surface area (Å²) in [7, 11) is 0. The van der Waals surface area contributed by atoms with Crippen LogP contribution in [0.2, 0.25) is 5.02 Å². The highest BCUT2D eigenvalue weighted by atomic mass is 35.5. The fraction of sp³-hybridized carbons (Fsp3) is 0.133. The number of ether oxygens (including phenoxy) is 1. The van der Waals surface area contributed by atoms with Crippen molar-refractivity contribution in [3.05, 3.63) is 62.9 Å². The number of carbonyl (C=O) groups is 2. The second kappa shape index (κ2) is 7.99. The Hall–Kier alpha value is -3.21. The maximum absolute atomic E-state index is 12.6. The molecule has 0 saturated carbocycles. The Morgan fingerprint density at radius 2 is 1.96 bits per heavy atom. The lowest BCUT2D eigenvalue weighted by Gasteiger charge is -2.10. The number of nitro benzene ring substituents is 1. The van der Waals surface area contributed by atoms with Crippen molar-refractivity contribution in [3.63, 3.8) is 0 Å². The van der Waals surface area contributed by atoms with Crippen LogP contribution in [0.5, 0.6) is 0 Å². The Kier molecular flexibility index (Phi) is 5.95. The molecular formula is C15H9ClF3N3O5. The van der Waals surface area contributed by atoms with Crippen molar-refractivity contribution in [3.8, 4) is 0 Å². The quantitative estimate of drug-likeness (QED) is 0.465. The lowest BCUT2D eigenvalue weighted by molar-refractivity contribution is -0.384. The predicted molar refractivity (Wildman–Crippen MR) is 86.3 cm³/mol. The van der Waals surface area contributed by atoms with Gasteiger partial charge in [0.05, 0.1) is 10.5 Å². The van der Waals surface area contributed by atoms with Gasteiger partial charge in [0.15, 0.2) is 6.61 Å². The summed E-state index contributed by atoms with van der Waals surface area (Å²) in [6.07, 6.45) is -3.54. The molecule has 0 spiro atoms. The zero-order valence-electron chi connectivity index (χ0n) is 13.1. The first kappa shape index (κ1) is 20.1. The predicted octanol–water partition coefficient (Wildman–Crippen LogP) is 3.46. The van der Waals surface area contributed by atoms with Gasteiger partial charge < -0.3 is 10.1 Å². The summed E-state index contributed by atoms with van der Waals surface area (Å²) in [5.74, 6) is -1.97. The van der Waals surface area contributed by atoms with Crippen LogP contribution in [0.25, 0.3) is 0 Å². The topological polar surface area (TPSA) is 111 Å². The normalized spacial score (nSPS) is 11.0. The number of anilines is 1. The van der Waals surface area contributed by atoms with Gasteiger partial charge >= 0.3 is 12.1 Å². The Labute approximate surface area is 154 Å². The van der Waals surface area contributed by atoms with Gasteiger partial charge in [-0.05, 0) is 24.3 Å². The number of amides is 1. The van der Waals surface area contributed by atoms with E-state index < -0.39 is 46.5 Å². The van der Waals surface area contributed by atoms with Crippen molar-refractivity contribution in [2.24, 2.45) is 0 Å². The van der Waals surface area contributed by atoms with E-state index in [2.05, 4.69) is 9.72 Å². The summed E-state index contributed by atoms with van der Waals surface area (Å²) in [6, 6.07) is 4.21. The Bertz CT molecular complexity index is 905. The van der Waals surface area contributed by atoms with E-state index in [1.165, 1.54) is 18.3 Å². The van der Waals surface area contributed by atoms with Crippen molar-refractivity contribution in [2.75, 3.05) is 11.9 Å². The number of hydrogen-bond acceptors (Lipinski definition) is 6. The molecule has 0 unspecified atom stereocenters. The molecule has 0 atom stereocenters. The molecule has 1 N–H and O–H groups in total. The third kappa shape index (κ3) is 5.38. The van der Waals surface area contributed by atoms with Gasteiger partial charge in [0.1, 0.15) is 11.4 Å². The number of pyridine rings is 1. The first-order chi connectivity index (χ1) is 12.6. The number of esters is 1. The summed E-state index contributed by atoms with van der Waals surface area (Å²) in [5.41, 5.74) is -2.85. The average Bonchev–Trinajstić information content (AvgIpc) is 2.58. The minimum atomic E-state index is -4.78. The highest BCUT2D eigenvalue weighted by Crippen LogP contribution is 2.34. The van der Waals surface area contributed by atoms with Gasteiger partial charge in [0.2, 0.25) is 0 Å². The molecule has 0 aliphatic rings. The molecule has 2 aromatic rings. The number of alkyl halides is 3. The van der Waals surface area contributed by atoms with Crippen LogP contribution in [0.3, 0.4) is 0 Å². The first-order valence-electron chi connectivity index (χ1n) is 7.02. The second-order valence-corrected chi connectivity index (χ2v) is 5.41. The molecule has 0 bridgehead atoms. The summed E-state index contributed by atoms with van der Waals surface area (Å²) in [6.45, 7) is -0.842. The van der Waals surface area contributed by atoms with Crippen LogP contribution in [0.1, 0.15) is 16.1 Å². The van der Waals surface area contributed by atoms with E-state index in [9.17, 15) is 32.9 Å². The van der Waals surface area contributed by atoms with Crippen molar-refractivity contribution in [1.82, 2.24) is 4.98 Å². The molecule has 1 aromatic carbocycles. The maximum Gasteiger partial charge on any atom is 0.416 e. The molecule has 27 heavy (non-hydrogen) atoms. The summed E-state index contributed by atoms with van der Waals surface area (Å²) in [5, 5.41) is 13.2. The van der Waals surface area contributed by atoms with Crippen LogP contribution < -0.4 is 5.32 Å². The zero-order chi connectivity index (χ0) is 20.2. The maximum atomic E-state index is 12.6. The molecule has 1 amide bonds. The van der Waals surface area contributed by atoms with E-state index in [0.29, 0.717) is 6.07 Å². The number of benzene rings is 1. The number of nitro groups is 1. The molecule has 2 rings (SSSR count). The van der Waals surface area contributed by atoms with Crippen LogP contribution >= 0.6 is 11.6 Å². The number of rotatable bonds is 5. The van der Waals surface area contributed by atoms with E-state index >= 15 is 0 Å². The third-order valence-electron chi connectivity index (χ3n) is 3.06. The van der Waals surface area contributed by atoms with Crippen molar-refractivity contribution >= 4 is 34.9 Å². The summed E-state index contributed by atoms with van der Waals surface area (Å²) >= 11 is 5.68. The molecule has 0 aliphatic heterocycles. The standard InChI is InChI=1S/C15H9ClF3N3O5/c16-9-3-4-20-11(6-9)14(24)27-7-13(23)21-10-2-1-8(15(17,18)19)5-12(10)22(25)26/h1-6H,7H2,(H,21,23). The van der Waals surface area contributed by atoms with E-state index in [1.807, 2.05) is 5.32 Å². The number of nitrogens with zero attached hydrogens (tertiary/aromatic N) is 2. The average molecular weight is 404 g/mol. The summed E-state index contributed by atoms with van der Waals surface area (Å²) < 4.78 is 42.6. The molecule has 142 valence electrons. The number of halogens is 4. The minimum absolute atomic E-state index is 0.171. The van der Waals surface area contributed by atoms with Crippen LogP contribution in [0, 0.1) is 10.1 Å². The van der Waals surface area contributed by atoms with Gasteiger partial charge in [-0.15, -0.1) is 0 Å². The molecule has 1 aromatic heterocycles. The third-order valence-corrected chi connectivity index (χ3v) is 3.30. The second-order valence-electron chi connectivity index (χ2n) is 4.97. The number of hydrogen-bond donors (Lipinski definition) is 1. The highest BCUT2D eigenvalue weighted by Gasteiger charge is 2.33. The molecule has 8 nitrogen and oxygen atoms in total. The fourth-order valence-corrected chi connectivity index (χ4v) is 2.03. The summed E-state index contributed by atoms with van der Waals surface area (Å²) in [4.78, 5) is 37.1. The van der Waals surface area contributed by atoms with E-state index in [1.54, 1.807) is 0 Å². The Morgan fingerprint density at radius 3 is 2.56 bits per heavy atom. The van der Waals surface area contributed by atoms with Gasteiger partial charge in [-0.2, -0.15) is 13.2 Å². The largest absolute Gasteiger partial charge is 0.451 e. The van der Waals surface area contributed by atoms with Crippen molar-refractivity contribution < 1.29 is 32.4 Å². The van der Waals surface area contributed by atoms with Crippen LogP contribution in [0.4, 0.5) is 24.5 Å². The fourth-order valence-electron chi connectivity index (χ4n) is 1.87.